The molecule has 8 nitrogen and oxygen atoms in total. The molecule has 9 heteroatoms. The summed E-state index contributed by atoms with van der Waals surface area (Å²) in [6, 6.07) is 13.8. The topological polar surface area (TPSA) is 86.7 Å². The zero-order valence-corrected chi connectivity index (χ0v) is 17.4. The van der Waals surface area contributed by atoms with Crippen molar-refractivity contribution in [2.24, 2.45) is 0 Å². The van der Waals surface area contributed by atoms with E-state index in [0.29, 0.717) is 38.2 Å². The number of nitrogens with zero attached hydrogens (tertiary/aromatic N) is 5. The maximum atomic E-state index is 13.1. The second-order valence-corrected chi connectivity index (χ2v) is 8.11. The second-order valence-electron chi connectivity index (χ2n) is 8.11. The van der Waals surface area contributed by atoms with E-state index in [9.17, 15) is 14.0 Å². The van der Waals surface area contributed by atoms with E-state index >= 15 is 0 Å². The molecule has 0 spiro atoms. The average Bonchev–Trinajstić information content (AvgIpc) is 3.24. The van der Waals surface area contributed by atoms with Crippen LogP contribution >= 0.6 is 0 Å². The van der Waals surface area contributed by atoms with Gasteiger partial charge in [-0.15, -0.1) is 0 Å². The highest BCUT2D eigenvalue weighted by Gasteiger charge is 2.22. The van der Waals surface area contributed by atoms with Crippen LogP contribution in [-0.2, 0) is 30.8 Å². The third-order valence-electron chi connectivity index (χ3n) is 5.79. The van der Waals surface area contributed by atoms with Gasteiger partial charge in [0.2, 0.25) is 5.91 Å². The van der Waals surface area contributed by atoms with E-state index in [0.717, 1.165) is 16.5 Å². The van der Waals surface area contributed by atoms with Crippen LogP contribution in [0.2, 0.25) is 0 Å². The predicted molar refractivity (Wildman–Crippen MR) is 117 cm³/mol. The number of aromatic nitrogens is 5. The van der Waals surface area contributed by atoms with Gasteiger partial charge >= 0.3 is 5.69 Å². The number of fused-ring (bicyclic) bond motifs is 2. The second kappa shape index (κ2) is 8.41. The van der Waals surface area contributed by atoms with Crippen molar-refractivity contribution in [1.29, 1.82) is 0 Å². The van der Waals surface area contributed by atoms with Crippen LogP contribution in [0.5, 0.6) is 0 Å². The predicted octanol–water partition coefficient (Wildman–Crippen LogP) is 2.10. The number of hydrogen-bond donors (Lipinski definition) is 1. The summed E-state index contributed by atoms with van der Waals surface area (Å²) in [4.78, 5) is 25.3. The summed E-state index contributed by atoms with van der Waals surface area (Å²) < 4.78 is 17.9. The number of amides is 1. The zero-order chi connectivity index (χ0) is 22.1. The third-order valence-corrected chi connectivity index (χ3v) is 5.79. The Bertz CT molecular complexity index is 1290. The van der Waals surface area contributed by atoms with E-state index in [-0.39, 0.29) is 30.0 Å². The van der Waals surface area contributed by atoms with Gasteiger partial charge in [-0.05, 0) is 36.6 Å². The quantitative estimate of drug-likeness (QED) is 0.521. The summed E-state index contributed by atoms with van der Waals surface area (Å²) in [5.74, 6) is 0.305. The van der Waals surface area contributed by atoms with Gasteiger partial charge < -0.3 is 5.32 Å². The molecule has 2 aromatic heterocycles. The van der Waals surface area contributed by atoms with Crippen LogP contribution in [0.3, 0.4) is 0 Å². The van der Waals surface area contributed by atoms with Crippen LogP contribution in [0, 0.1) is 5.82 Å². The largest absolute Gasteiger partial charge is 0.352 e. The molecule has 3 heterocycles. The number of carbonyl (C=O) groups excluding carboxylic acids is 1. The normalized spacial score (nSPS) is 16.0. The Morgan fingerprint density at radius 3 is 2.72 bits per heavy atom. The monoisotopic (exact) mass is 434 g/mol. The first-order valence-corrected chi connectivity index (χ1v) is 10.7. The van der Waals surface area contributed by atoms with Crippen LogP contribution in [0.25, 0.3) is 10.9 Å². The van der Waals surface area contributed by atoms with Crippen molar-refractivity contribution in [2.45, 2.75) is 44.9 Å². The first-order chi connectivity index (χ1) is 15.5. The molecular formula is C23H23FN6O2. The van der Waals surface area contributed by atoms with E-state index in [1.165, 1.54) is 16.8 Å². The molecule has 5 rings (SSSR count). The van der Waals surface area contributed by atoms with Gasteiger partial charge in [0.15, 0.2) is 0 Å². The van der Waals surface area contributed by atoms with Crippen LogP contribution in [-0.4, -0.2) is 36.1 Å². The van der Waals surface area contributed by atoms with Gasteiger partial charge in [-0.3, -0.25) is 14.0 Å². The number of halogens is 1. The molecular weight excluding hydrogens is 411 g/mol. The number of rotatable bonds is 5. The Morgan fingerprint density at radius 2 is 1.91 bits per heavy atom. The molecule has 1 atom stereocenters. The van der Waals surface area contributed by atoms with Gasteiger partial charge in [0.1, 0.15) is 18.2 Å². The lowest BCUT2D eigenvalue weighted by atomic mass is 10.1. The Morgan fingerprint density at radius 1 is 1.09 bits per heavy atom. The summed E-state index contributed by atoms with van der Waals surface area (Å²) in [5.41, 5.74) is 1.50. The lowest BCUT2D eigenvalue weighted by molar-refractivity contribution is -0.122. The molecule has 4 aromatic rings. The minimum Gasteiger partial charge on any atom is -0.352 e. The summed E-state index contributed by atoms with van der Waals surface area (Å²) in [6.07, 6.45) is 3.82. The lowest BCUT2D eigenvalue weighted by Crippen LogP contribution is -2.37. The van der Waals surface area contributed by atoms with Crippen LogP contribution in [0.1, 0.15) is 24.2 Å². The fourth-order valence-electron chi connectivity index (χ4n) is 4.16. The molecule has 2 aromatic carbocycles. The van der Waals surface area contributed by atoms with Crippen molar-refractivity contribution in [3.05, 3.63) is 82.4 Å². The van der Waals surface area contributed by atoms with Gasteiger partial charge in [-0.1, -0.05) is 30.3 Å². The van der Waals surface area contributed by atoms with Gasteiger partial charge in [0.25, 0.3) is 0 Å². The molecule has 1 unspecified atom stereocenters. The number of aryl methyl sites for hydroxylation is 1. The molecule has 1 aliphatic heterocycles. The first-order valence-electron chi connectivity index (χ1n) is 10.7. The Balaban J connectivity index is 1.21. The van der Waals surface area contributed by atoms with Crippen LogP contribution in [0.4, 0.5) is 4.39 Å². The van der Waals surface area contributed by atoms with E-state index < -0.39 is 0 Å². The smallest absolute Gasteiger partial charge is 0.346 e. The molecule has 0 saturated carbocycles. The Kier molecular flexibility index (Phi) is 5.30. The van der Waals surface area contributed by atoms with Gasteiger partial charge in [0, 0.05) is 30.6 Å². The van der Waals surface area contributed by atoms with Crippen molar-refractivity contribution in [2.75, 3.05) is 0 Å². The van der Waals surface area contributed by atoms with Crippen LogP contribution in [0.15, 0.2) is 59.5 Å². The van der Waals surface area contributed by atoms with Crippen molar-refractivity contribution >= 4 is 16.8 Å². The number of hydrogen-bond acceptors (Lipinski definition) is 4. The first kappa shape index (κ1) is 20.2. The molecule has 0 aliphatic carbocycles. The van der Waals surface area contributed by atoms with E-state index in [1.54, 1.807) is 21.4 Å². The standard InChI is InChI=1S/C23H23FN6O2/c24-18-7-5-16(6-8-18)13-30-23(32)29-12-11-19(9-10-21(29)27-30)25-22(31)15-28-14-17-3-1-2-4-20(17)26-28/h1-8,14,19H,9-13,15H2,(H,25,31). The summed E-state index contributed by atoms with van der Waals surface area (Å²) in [5, 5.41) is 13.0. The summed E-state index contributed by atoms with van der Waals surface area (Å²) in [7, 11) is 0. The zero-order valence-electron chi connectivity index (χ0n) is 17.4. The van der Waals surface area contributed by atoms with E-state index in [1.807, 2.05) is 30.5 Å². The molecule has 1 N–H and O–H groups in total. The molecule has 1 amide bonds. The fraction of sp³-hybridized carbons (Fsp3) is 0.304. The van der Waals surface area contributed by atoms with Gasteiger partial charge in [0.05, 0.1) is 12.1 Å². The van der Waals surface area contributed by atoms with Crippen molar-refractivity contribution in [3.8, 4) is 0 Å². The van der Waals surface area contributed by atoms with Gasteiger partial charge in [-0.25, -0.2) is 13.9 Å². The Hall–Kier alpha value is -3.75. The fourth-order valence-corrected chi connectivity index (χ4v) is 4.16. The molecule has 0 saturated heterocycles. The average molecular weight is 434 g/mol. The van der Waals surface area contributed by atoms with Crippen molar-refractivity contribution in [3.63, 3.8) is 0 Å². The number of carbonyl (C=O) groups is 1. The molecule has 1 aliphatic rings. The molecule has 0 fully saturated rings. The SMILES string of the molecule is O=C(Cn1cc2ccccc2n1)NC1CCc2nn(Cc3ccc(F)cc3)c(=O)n2CC1. The third kappa shape index (κ3) is 4.18. The highest BCUT2D eigenvalue weighted by molar-refractivity contribution is 5.79. The number of nitrogens with one attached hydrogen (secondary N) is 1. The Labute approximate surface area is 183 Å². The van der Waals surface area contributed by atoms with Gasteiger partial charge in [-0.2, -0.15) is 10.2 Å². The highest BCUT2D eigenvalue weighted by Crippen LogP contribution is 2.14. The lowest BCUT2D eigenvalue weighted by Gasteiger charge is -2.16. The van der Waals surface area contributed by atoms with Crippen molar-refractivity contribution < 1.29 is 9.18 Å². The van der Waals surface area contributed by atoms with Crippen molar-refractivity contribution in [1.82, 2.24) is 29.4 Å². The minimum absolute atomic E-state index is 0.0286. The molecule has 0 bridgehead atoms. The van der Waals surface area contributed by atoms with Crippen LogP contribution < -0.4 is 11.0 Å². The molecule has 164 valence electrons. The molecule has 0 radical (unpaired) electrons. The number of benzene rings is 2. The van der Waals surface area contributed by atoms with E-state index in [4.69, 9.17) is 0 Å². The highest BCUT2D eigenvalue weighted by atomic mass is 19.1. The summed E-state index contributed by atoms with van der Waals surface area (Å²) in [6.45, 7) is 0.950. The van der Waals surface area contributed by atoms with E-state index in [2.05, 4.69) is 15.5 Å². The molecule has 32 heavy (non-hydrogen) atoms. The minimum atomic E-state index is -0.310. The summed E-state index contributed by atoms with van der Waals surface area (Å²) >= 11 is 0. The maximum absolute atomic E-state index is 13.1. The maximum Gasteiger partial charge on any atom is 0.346 e.